The van der Waals surface area contributed by atoms with Crippen LogP contribution in [0.5, 0.6) is 0 Å². The van der Waals surface area contributed by atoms with Crippen molar-refractivity contribution in [1.29, 1.82) is 0 Å². The fraction of sp³-hybridized carbons (Fsp3) is 0.400. The summed E-state index contributed by atoms with van der Waals surface area (Å²) in [6, 6.07) is 4.34. The van der Waals surface area contributed by atoms with Crippen LogP contribution >= 0.6 is 27.3 Å². The zero-order valence-corrected chi connectivity index (χ0v) is 15.0. The maximum atomic E-state index is 4.48. The molecule has 1 fully saturated rings. The molecule has 120 valence electrons. The fourth-order valence-electron chi connectivity index (χ4n) is 2.95. The molecule has 0 bridgehead atoms. The van der Waals surface area contributed by atoms with Crippen molar-refractivity contribution in [1.82, 2.24) is 25.1 Å². The van der Waals surface area contributed by atoms with E-state index in [1.807, 2.05) is 11.3 Å². The average Bonchev–Trinajstić information content (AvgIpc) is 3.24. The van der Waals surface area contributed by atoms with Crippen LogP contribution in [0.15, 0.2) is 28.4 Å². The molecular formula is C15H17BrN6S. The molecule has 0 amide bonds. The fourth-order valence-corrected chi connectivity index (χ4v) is 4.09. The largest absolute Gasteiger partial charge is 0.353 e. The van der Waals surface area contributed by atoms with E-state index >= 15 is 0 Å². The molecule has 6 nitrogen and oxygen atoms in total. The van der Waals surface area contributed by atoms with E-state index in [0.29, 0.717) is 5.65 Å². The minimum atomic E-state index is 0.710. The summed E-state index contributed by atoms with van der Waals surface area (Å²) in [4.78, 5) is 15.0. The number of rotatable bonds is 4. The van der Waals surface area contributed by atoms with Crippen LogP contribution in [0.25, 0.3) is 11.0 Å². The van der Waals surface area contributed by atoms with Gasteiger partial charge in [0, 0.05) is 37.6 Å². The number of nitrogens with one attached hydrogen (secondary N) is 1. The van der Waals surface area contributed by atoms with Gasteiger partial charge in [-0.3, -0.25) is 10.00 Å². The zero-order valence-electron chi connectivity index (χ0n) is 12.6. The molecule has 0 aromatic carbocycles. The smallest absolute Gasteiger partial charge is 0.187 e. The maximum absolute atomic E-state index is 4.48. The van der Waals surface area contributed by atoms with E-state index in [9.17, 15) is 0 Å². The highest BCUT2D eigenvalue weighted by Gasteiger charge is 2.21. The SMILES string of the molecule is Brc1[nH]nc2ncnc(N3CCN(CCc4cccs4)CC3)c12. The lowest BCUT2D eigenvalue weighted by Gasteiger charge is -2.35. The number of anilines is 1. The van der Waals surface area contributed by atoms with Crippen LogP contribution in [0.2, 0.25) is 0 Å². The van der Waals surface area contributed by atoms with Crippen molar-refractivity contribution in [2.24, 2.45) is 0 Å². The van der Waals surface area contributed by atoms with Gasteiger partial charge in [0.05, 0.1) is 5.39 Å². The highest BCUT2D eigenvalue weighted by molar-refractivity contribution is 9.10. The second-order valence-corrected chi connectivity index (χ2v) is 7.42. The molecule has 0 saturated carbocycles. The predicted molar refractivity (Wildman–Crippen MR) is 96.1 cm³/mol. The second-order valence-electron chi connectivity index (χ2n) is 5.59. The average molecular weight is 393 g/mol. The summed E-state index contributed by atoms with van der Waals surface area (Å²) < 4.78 is 0.850. The molecule has 0 radical (unpaired) electrons. The van der Waals surface area contributed by atoms with Crippen LogP contribution in [-0.2, 0) is 6.42 Å². The first-order valence-electron chi connectivity index (χ1n) is 7.65. The number of piperazine rings is 1. The van der Waals surface area contributed by atoms with Gasteiger partial charge in [0.2, 0.25) is 0 Å². The van der Waals surface area contributed by atoms with Crippen molar-refractivity contribution < 1.29 is 0 Å². The normalized spacial score (nSPS) is 16.3. The van der Waals surface area contributed by atoms with Gasteiger partial charge in [0.1, 0.15) is 16.7 Å². The van der Waals surface area contributed by atoms with E-state index in [1.165, 1.54) is 4.88 Å². The van der Waals surface area contributed by atoms with Gasteiger partial charge in [-0.05, 0) is 33.8 Å². The van der Waals surface area contributed by atoms with Crippen molar-refractivity contribution in [3.05, 3.63) is 33.3 Å². The molecule has 0 spiro atoms. The molecule has 1 aliphatic heterocycles. The van der Waals surface area contributed by atoms with Crippen molar-refractivity contribution >= 4 is 44.1 Å². The molecule has 3 aromatic heterocycles. The summed E-state index contributed by atoms with van der Waals surface area (Å²) in [5.41, 5.74) is 0.710. The van der Waals surface area contributed by atoms with Crippen LogP contribution in [0.1, 0.15) is 4.88 Å². The van der Waals surface area contributed by atoms with Crippen molar-refractivity contribution in [2.45, 2.75) is 6.42 Å². The number of H-pyrrole nitrogens is 1. The lowest BCUT2D eigenvalue weighted by atomic mass is 10.2. The molecular weight excluding hydrogens is 376 g/mol. The van der Waals surface area contributed by atoms with E-state index in [1.54, 1.807) is 6.33 Å². The third-order valence-electron chi connectivity index (χ3n) is 4.21. The Bertz CT molecular complexity index is 778. The number of aromatic amines is 1. The number of hydrogen-bond acceptors (Lipinski definition) is 6. The van der Waals surface area contributed by atoms with Gasteiger partial charge in [-0.2, -0.15) is 5.10 Å². The van der Waals surface area contributed by atoms with Crippen LogP contribution in [0.3, 0.4) is 0 Å². The van der Waals surface area contributed by atoms with Crippen LogP contribution in [-0.4, -0.2) is 57.8 Å². The van der Waals surface area contributed by atoms with Gasteiger partial charge >= 0.3 is 0 Å². The Kier molecular flexibility index (Phi) is 4.28. The van der Waals surface area contributed by atoms with Crippen molar-refractivity contribution in [3.8, 4) is 0 Å². The van der Waals surface area contributed by atoms with E-state index in [-0.39, 0.29) is 0 Å². The molecule has 4 heterocycles. The molecule has 0 atom stereocenters. The van der Waals surface area contributed by atoms with Gasteiger partial charge in [0.25, 0.3) is 0 Å². The Morgan fingerprint density at radius 1 is 1.22 bits per heavy atom. The topological polar surface area (TPSA) is 60.9 Å². The van der Waals surface area contributed by atoms with Gasteiger partial charge in [-0.1, -0.05) is 6.07 Å². The number of aromatic nitrogens is 4. The number of fused-ring (bicyclic) bond motifs is 1. The molecule has 0 aliphatic carbocycles. The minimum Gasteiger partial charge on any atom is -0.353 e. The Hall–Kier alpha value is -1.51. The van der Waals surface area contributed by atoms with Gasteiger partial charge < -0.3 is 4.90 Å². The molecule has 1 aliphatic rings. The summed E-state index contributed by atoms with van der Waals surface area (Å²) in [5, 5.41) is 10.2. The first-order chi connectivity index (χ1) is 11.3. The number of hydrogen-bond donors (Lipinski definition) is 1. The van der Waals surface area contributed by atoms with Crippen molar-refractivity contribution in [3.63, 3.8) is 0 Å². The molecule has 1 saturated heterocycles. The van der Waals surface area contributed by atoms with E-state index < -0.39 is 0 Å². The Balaban J connectivity index is 1.41. The maximum Gasteiger partial charge on any atom is 0.187 e. The Morgan fingerprint density at radius 3 is 2.87 bits per heavy atom. The number of thiophene rings is 1. The minimum absolute atomic E-state index is 0.710. The second kappa shape index (κ2) is 6.54. The van der Waals surface area contributed by atoms with E-state index in [2.05, 4.69) is 63.4 Å². The van der Waals surface area contributed by atoms with Crippen LogP contribution in [0.4, 0.5) is 5.82 Å². The molecule has 4 rings (SSSR count). The van der Waals surface area contributed by atoms with E-state index in [0.717, 1.165) is 55.0 Å². The predicted octanol–water partition coefficient (Wildman–Crippen LogP) is 2.54. The monoisotopic (exact) mass is 392 g/mol. The van der Waals surface area contributed by atoms with Gasteiger partial charge in [-0.25, -0.2) is 9.97 Å². The molecule has 0 unspecified atom stereocenters. The van der Waals surface area contributed by atoms with Gasteiger partial charge in [-0.15, -0.1) is 11.3 Å². The number of nitrogens with zero attached hydrogens (tertiary/aromatic N) is 5. The van der Waals surface area contributed by atoms with Crippen LogP contribution < -0.4 is 4.90 Å². The summed E-state index contributed by atoms with van der Waals surface area (Å²) in [5.74, 6) is 0.966. The summed E-state index contributed by atoms with van der Waals surface area (Å²) in [6.45, 7) is 5.21. The first kappa shape index (κ1) is 15.0. The standard InChI is InChI=1S/C15H17BrN6S/c16-13-12-14(20-19-13)17-10-18-15(12)22-7-5-21(6-8-22)4-3-11-2-1-9-23-11/h1-2,9-10H,3-8H2,(H,17,18,19,20). The highest BCUT2D eigenvalue weighted by atomic mass is 79.9. The quantitative estimate of drug-likeness (QED) is 0.738. The highest BCUT2D eigenvalue weighted by Crippen LogP contribution is 2.28. The number of halogens is 1. The Morgan fingerprint density at radius 2 is 2.09 bits per heavy atom. The molecule has 8 heteroatoms. The third-order valence-corrected chi connectivity index (χ3v) is 5.72. The molecule has 3 aromatic rings. The van der Waals surface area contributed by atoms with E-state index in [4.69, 9.17) is 0 Å². The van der Waals surface area contributed by atoms with Crippen molar-refractivity contribution in [2.75, 3.05) is 37.6 Å². The van der Waals surface area contributed by atoms with Gasteiger partial charge in [0.15, 0.2) is 5.65 Å². The molecule has 23 heavy (non-hydrogen) atoms. The third kappa shape index (κ3) is 3.11. The van der Waals surface area contributed by atoms with Crippen LogP contribution in [0, 0.1) is 0 Å². The lowest BCUT2D eigenvalue weighted by Crippen LogP contribution is -2.47. The summed E-state index contributed by atoms with van der Waals surface area (Å²) in [6.07, 6.45) is 2.73. The summed E-state index contributed by atoms with van der Waals surface area (Å²) >= 11 is 5.35. The first-order valence-corrected chi connectivity index (χ1v) is 9.33. The molecule has 1 N–H and O–H groups in total. The zero-order chi connectivity index (χ0) is 15.6. The lowest BCUT2D eigenvalue weighted by molar-refractivity contribution is 0.261. The Labute approximate surface area is 146 Å². The summed E-state index contributed by atoms with van der Waals surface area (Å²) in [7, 11) is 0.